The van der Waals surface area contributed by atoms with Gasteiger partial charge in [0, 0.05) is 12.1 Å². The number of amides is 1. The second-order valence-electron chi connectivity index (χ2n) is 5.35. The molecule has 1 unspecified atom stereocenters. The van der Waals surface area contributed by atoms with Crippen LogP contribution in [0.25, 0.3) is 0 Å². The minimum atomic E-state index is -0.304. The zero-order valence-corrected chi connectivity index (χ0v) is 11.8. The maximum atomic E-state index is 13.6. The number of carbonyl (C=O) groups excluding carboxylic acids is 1. The maximum Gasteiger partial charge on any atom is 0.237 e. The van der Waals surface area contributed by atoms with Gasteiger partial charge in [-0.15, -0.1) is 0 Å². The third kappa shape index (κ3) is 3.33. The molecule has 2 heterocycles. The van der Waals surface area contributed by atoms with Gasteiger partial charge in [-0.25, -0.2) is 4.39 Å². The summed E-state index contributed by atoms with van der Waals surface area (Å²) in [6, 6.07) is 2.81. The van der Waals surface area contributed by atoms with E-state index in [1.807, 2.05) is 0 Å². The van der Waals surface area contributed by atoms with Crippen molar-refractivity contribution in [1.82, 2.24) is 10.6 Å². The summed E-state index contributed by atoms with van der Waals surface area (Å²) in [5, 5.41) is 6.04. The Morgan fingerprint density at radius 1 is 1.48 bits per heavy atom. The van der Waals surface area contributed by atoms with Gasteiger partial charge in [0.15, 0.2) is 6.79 Å². The molecule has 0 spiro atoms. The summed E-state index contributed by atoms with van der Waals surface area (Å²) in [6.45, 7) is 1.91. The van der Waals surface area contributed by atoms with Gasteiger partial charge in [0.05, 0.1) is 12.6 Å². The van der Waals surface area contributed by atoms with Gasteiger partial charge in [-0.3, -0.25) is 4.79 Å². The Hall–Kier alpha value is -1.66. The summed E-state index contributed by atoms with van der Waals surface area (Å²) in [4.78, 5) is 11.9. The van der Waals surface area contributed by atoms with E-state index < -0.39 is 0 Å². The van der Waals surface area contributed by atoms with E-state index in [0.717, 1.165) is 30.5 Å². The first-order chi connectivity index (χ1) is 10.2. The lowest BCUT2D eigenvalue weighted by Gasteiger charge is -2.21. The Bertz CT molecular complexity index is 530. The van der Waals surface area contributed by atoms with Crippen LogP contribution in [0.15, 0.2) is 12.1 Å². The summed E-state index contributed by atoms with van der Waals surface area (Å²) in [7, 11) is 0. The second kappa shape index (κ2) is 6.41. The number of halogens is 1. The molecule has 1 amide bonds. The molecule has 21 heavy (non-hydrogen) atoms. The Balaban J connectivity index is 1.60. The number of nitrogens with one attached hydrogen (secondary N) is 2. The largest absolute Gasteiger partial charge is 0.467 e. The van der Waals surface area contributed by atoms with Crippen LogP contribution in [-0.2, 0) is 22.6 Å². The zero-order valence-electron chi connectivity index (χ0n) is 11.8. The highest BCUT2D eigenvalue weighted by molar-refractivity contribution is 5.82. The summed E-state index contributed by atoms with van der Waals surface area (Å²) < 4.78 is 24.2. The number of ether oxygens (including phenoxy) is 2. The van der Waals surface area contributed by atoms with E-state index in [2.05, 4.69) is 10.6 Å². The van der Waals surface area contributed by atoms with Gasteiger partial charge in [-0.1, -0.05) is 0 Å². The van der Waals surface area contributed by atoms with Crippen molar-refractivity contribution in [3.63, 3.8) is 0 Å². The second-order valence-corrected chi connectivity index (χ2v) is 5.35. The predicted molar refractivity (Wildman–Crippen MR) is 74.4 cm³/mol. The van der Waals surface area contributed by atoms with Crippen molar-refractivity contribution in [2.24, 2.45) is 0 Å². The molecule has 6 heteroatoms. The summed E-state index contributed by atoms with van der Waals surface area (Å²) in [5.74, 6) is 0.402. The van der Waals surface area contributed by atoms with Crippen LogP contribution in [0.3, 0.4) is 0 Å². The van der Waals surface area contributed by atoms with Crippen molar-refractivity contribution >= 4 is 5.91 Å². The summed E-state index contributed by atoms with van der Waals surface area (Å²) >= 11 is 0. The molecule has 114 valence electrons. The minimum Gasteiger partial charge on any atom is -0.467 e. The number of rotatable bonds is 4. The molecule has 0 bridgehead atoms. The molecule has 5 nitrogen and oxygen atoms in total. The van der Waals surface area contributed by atoms with Gasteiger partial charge >= 0.3 is 0 Å². The van der Waals surface area contributed by atoms with Crippen molar-refractivity contribution in [2.75, 3.05) is 19.9 Å². The van der Waals surface area contributed by atoms with Gasteiger partial charge in [0.2, 0.25) is 5.91 Å². The molecule has 2 aliphatic heterocycles. The normalized spacial score (nSPS) is 20.7. The molecule has 2 aliphatic rings. The first-order valence-corrected chi connectivity index (χ1v) is 7.27. The topological polar surface area (TPSA) is 59.6 Å². The average molecular weight is 294 g/mol. The van der Waals surface area contributed by atoms with Gasteiger partial charge in [0.25, 0.3) is 0 Å². The van der Waals surface area contributed by atoms with Crippen LogP contribution >= 0.6 is 0 Å². The third-order valence-electron chi connectivity index (χ3n) is 3.82. The fourth-order valence-electron chi connectivity index (χ4n) is 2.79. The molecule has 0 aromatic heterocycles. The fourth-order valence-corrected chi connectivity index (χ4v) is 2.79. The summed E-state index contributed by atoms with van der Waals surface area (Å²) in [6.07, 6.45) is 2.45. The van der Waals surface area contributed by atoms with E-state index in [9.17, 15) is 9.18 Å². The Labute approximate surface area is 122 Å². The molecule has 0 aliphatic carbocycles. The van der Waals surface area contributed by atoms with Crippen LogP contribution in [0.5, 0.6) is 5.75 Å². The van der Waals surface area contributed by atoms with Crippen molar-refractivity contribution in [1.29, 1.82) is 0 Å². The number of hydrogen-bond acceptors (Lipinski definition) is 4. The van der Waals surface area contributed by atoms with Crippen molar-refractivity contribution in [3.8, 4) is 5.75 Å². The van der Waals surface area contributed by atoms with E-state index >= 15 is 0 Å². The molecule has 0 saturated carbocycles. The van der Waals surface area contributed by atoms with E-state index in [1.54, 1.807) is 0 Å². The van der Waals surface area contributed by atoms with Gasteiger partial charge < -0.3 is 20.1 Å². The Morgan fingerprint density at radius 2 is 2.38 bits per heavy atom. The van der Waals surface area contributed by atoms with Crippen LogP contribution in [0, 0.1) is 5.82 Å². The average Bonchev–Trinajstić information content (AvgIpc) is 3.01. The van der Waals surface area contributed by atoms with Crippen LogP contribution < -0.4 is 15.4 Å². The molecule has 2 N–H and O–H groups in total. The molecule has 0 radical (unpaired) electrons. The monoisotopic (exact) mass is 294 g/mol. The highest BCUT2D eigenvalue weighted by Gasteiger charge is 2.22. The smallest absolute Gasteiger partial charge is 0.237 e. The van der Waals surface area contributed by atoms with E-state index in [-0.39, 0.29) is 24.6 Å². The van der Waals surface area contributed by atoms with E-state index in [0.29, 0.717) is 25.3 Å². The molecular formula is C15H19FN2O3. The first-order valence-electron chi connectivity index (χ1n) is 7.27. The molecule has 1 aromatic rings. The minimum absolute atomic E-state index is 0.0158. The van der Waals surface area contributed by atoms with E-state index in [4.69, 9.17) is 9.47 Å². The van der Waals surface area contributed by atoms with Crippen LogP contribution in [0.2, 0.25) is 0 Å². The first kappa shape index (κ1) is 14.3. The number of carbonyl (C=O) groups is 1. The fraction of sp³-hybridized carbons (Fsp3) is 0.533. The molecule has 1 atom stereocenters. The molecule has 1 saturated heterocycles. The summed E-state index contributed by atoms with van der Waals surface area (Å²) in [5.41, 5.74) is 1.49. The SMILES string of the molecule is O=C(NCCc1cc(F)cc2c1OCOC2)C1CCCN1. The predicted octanol–water partition coefficient (Wildman–Crippen LogP) is 1.10. The van der Waals surface area contributed by atoms with Gasteiger partial charge in [0.1, 0.15) is 11.6 Å². The lowest BCUT2D eigenvalue weighted by molar-refractivity contribution is -0.122. The molecule has 3 rings (SSSR count). The zero-order chi connectivity index (χ0) is 14.7. The van der Waals surface area contributed by atoms with Crippen LogP contribution in [0.1, 0.15) is 24.0 Å². The highest BCUT2D eigenvalue weighted by Crippen LogP contribution is 2.29. The standard InChI is InChI=1S/C15H19FN2O3/c16-12-6-10(14-11(7-12)8-20-9-21-14)3-5-18-15(19)13-2-1-4-17-13/h6-7,13,17H,1-5,8-9H2,(H,18,19). The molecule has 1 fully saturated rings. The van der Waals surface area contributed by atoms with Gasteiger partial charge in [-0.05, 0) is 43.5 Å². The maximum absolute atomic E-state index is 13.6. The number of hydrogen-bond donors (Lipinski definition) is 2. The molecule has 1 aromatic carbocycles. The number of fused-ring (bicyclic) bond motifs is 1. The number of benzene rings is 1. The lowest BCUT2D eigenvalue weighted by Crippen LogP contribution is -2.41. The van der Waals surface area contributed by atoms with Gasteiger partial charge in [-0.2, -0.15) is 0 Å². The van der Waals surface area contributed by atoms with E-state index in [1.165, 1.54) is 12.1 Å². The van der Waals surface area contributed by atoms with Crippen LogP contribution in [-0.4, -0.2) is 31.8 Å². The lowest BCUT2D eigenvalue weighted by atomic mass is 10.1. The quantitative estimate of drug-likeness (QED) is 0.873. The van der Waals surface area contributed by atoms with Crippen molar-refractivity contribution < 1.29 is 18.7 Å². The third-order valence-corrected chi connectivity index (χ3v) is 3.82. The molecular weight excluding hydrogens is 275 g/mol. The Kier molecular flexibility index (Phi) is 4.36. The Morgan fingerprint density at radius 3 is 3.19 bits per heavy atom. The highest BCUT2D eigenvalue weighted by atomic mass is 19.1. The van der Waals surface area contributed by atoms with Crippen molar-refractivity contribution in [2.45, 2.75) is 31.9 Å². The van der Waals surface area contributed by atoms with Crippen molar-refractivity contribution in [3.05, 3.63) is 29.1 Å². The van der Waals surface area contributed by atoms with Crippen LogP contribution in [0.4, 0.5) is 4.39 Å².